The molecule has 3 aromatic heterocycles. The molecule has 0 unspecified atom stereocenters. The van der Waals surface area contributed by atoms with Crippen molar-refractivity contribution in [2.24, 2.45) is 0 Å². The molecule has 0 bridgehead atoms. The Kier molecular flexibility index (Phi) is 5.11. The van der Waals surface area contributed by atoms with Crippen LogP contribution in [0.4, 0.5) is 17.3 Å². The Morgan fingerprint density at radius 2 is 1.45 bits per heavy atom. The van der Waals surface area contributed by atoms with E-state index in [2.05, 4.69) is 20.6 Å². The minimum Gasteiger partial charge on any atom is -0.619 e. The number of para-hydroxylation sites is 1. The molecule has 29 heavy (non-hydrogen) atoms. The molecule has 1 aromatic carbocycles. The molecule has 4 rings (SSSR count). The Hall–Kier alpha value is -4.26. The minimum absolute atomic E-state index is 0.337. The van der Waals surface area contributed by atoms with Gasteiger partial charge in [0.2, 0.25) is 0 Å². The summed E-state index contributed by atoms with van der Waals surface area (Å²) in [4.78, 5) is 20.9. The average molecular weight is 383 g/mol. The smallest absolute Gasteiger partial charge is 0.257 e. The van der Waals surface area contributed by atoms with E-state index < -0.39 is 0 Å². The number of nitrogens with one attached hydrogen (secondary N) is 2. The van der Waals surface area contributed by atoms with Crippen molar-refractivity contribution >= 4 is 23.2 Å². The van der Waals surface area contributed by atoms with E-state index in [1.165, 1.54) is 24.5 Å². The number of carbonyl (C=O) groups is 1. The molecule has 0 spiro atoms. The zero-order chi connectivity index (χ0) is 20.1. The summed E-state index contributed by atoms with van der Waals surface area (Å²) in [5, 5.41) is 17.1. The molecule has 142 valence electrons. The number of benzene rings is 1. The second kappa shape index (κ2) is 8.18. The van der Waals surface area contributed by atoms with Gasteiger partial charge >= 0.3 is 0 Å². The van der Waals surface area contributed by atoms with Gasteiger partial charge in [-0.05, 0) is 47.5 Å². The van der Waals surface area contributed by atoms with Crippen molar-refractivity contribution in [1.29, 1.82) is 0 Å². The number of anilines is 3. The van der Waals surface area contributed by atoms with Crippen LogP contribution in [0.15, 0.2) is 91.5 Å². The van der Waals surface area contributed by atoms with E-state index in [0.717, 1.165) is 16.8 Å². The lowest BCUT2D eigenvalue weighted by atomic mass is 10.1. The largest absolute Gasteiger partial charge is 0.619 e. The number of pyridine rings is 3. The number of aromatic nitrogens is 3. The molecule has 4 aromatic rings. The van der Waals surface area contributed by atoms with Crippen LogP contribution in [0.2, 0.25) is 0 Å². The maximum atomic E-state index is 12.3. The Morgan fingerprint density at radius 1 is 0.828 bits per heavy atom. The summed E-state index contributed by atoms with van der Waals surface area (Å²) >= 11 is 0. The molecule has 1 amide bonds. The van der Waals surface area contributed by atoms with E-state index in [9.17, 15) is 10.0 Å². The predicted octanol–water partition coefficient (Wildman–Crippen LogP) is 3.77. The zero-order valence-electron chi connectivity index (χ0n) is 15.3. The summed E-state index contributed by atoms with van der Waals surface area (Å²) in [6.07, 6.45) is 5.90. The van der Waals surface area contributed by atoms with Gasteiger partial charge in [-0.2, -0.15) is 4.73 Å². The quantitative estimate of drug-likeness (QED) is 0.404. The van der Waals surface area contributed by atoms with E-state index in [1.54, 1.807) is 18.5 Å². The Balaban J connectivity index is 1.53. The summed E-state index contributed by atoms with van der Waals surface area (Å²) in [7, 11) is 0. The van der Waals surface area contributed by atoms with Gasteiger partial charge in [0.05, 0.1) is 5.56 Å². The molecule has 0 fully saturated rings. The average Bonchev–Trinajstić information content (AvgIpc) is 2.75. The lowest BCUT2D eigenvalue weighted by molar-refractivity contribution is -0.605. The van der Waals surface area contributed by atoms with E-state index in [1.807, 2.05) is 48.5 Å². The maximum Gasteiger partial charge on any atom is 0.257 e. The first-order valence-electron chi connectivity index (χ1n) is 8.92. The van der Waals surface area contributed by atoms with Crippen molar-refractivity contribution in [3.05, 3.63) is 102 Å². The van der Waals surface area contributed by atoms with Gasteiger partial charge in [-0.25, -0.2) is 9.97 Å². The molecule has 7 heteroatoms. The van der Waals surface area contributed by atoms with Crippen LogP contribution in [-0.2, 0) is 0 Å². The van der Waals surface area contributed by atoms with Gasteiger partial charge in [-0.1, -0.05) is 18.2 Å². The highest BCUT2D eigenvalue weighted by Crippen LogP contribution is 2.24. The molecule has 3 heterocycles. The highest BCUT2D eigenvalue weighted by atomic mass is 16.5. The monoisotopic (exact) mass is 383 g/mol. The first-order chi connectivity index (χ1) is 14.2. The third kappa shape index (κ3) is 4.54. The molecular formula is C22H17N5O2. The second-order valence-electron chi connectivity index (χ2n) is 6.25. The van der Waals surface area contributed by atoms with Crippen molar-refractivity contribution in [3.63, 3.8) is 0 Å². The van der Waals surface area contributed by atoms with Crippen molar-refractivity contribution in [2.45, 2.75) is 0 Å². The fraction of sp³-hybridized carbons (Fsp3) is 0. The van der Waals surface area contributed by atoms with Crippen molar-refractivity contribution < 1.29 is 9.52 Å². The Labute approximate surface area is 167 Å². The van der Waals surface area contributed by atoms with Crippen LogP contribution in [0.3, 0.4) is 0 Å². The lowest BCUT2D eigenvalue weighted by Gasteiger charge is -2.09. The number of amides is 1. The number of rotatable bonds is 5. The standard InChI is InChI=1S/C22H17N5O2/c28-22(16-8-12-27(29)13-9-16)26-21-15-18(7-11-24-21)17-6-10-23-20(14-17)25-19-4-2-1-3-5-19/h1-15H,(H,23,25)(H,24,26,28). The second-order valence-corrected chi connectivity index (χ2v) is 6.25. The van der Waals surface area contributed by atoms with Gasteiger partial charge in [-0.15, -0.1) is 0 Å². The highest BCUT2D eigenvalue weighted by molar-refractivity contribution is 6.03. The van der Waals surface area contributed by atoms with Gasteiger partial charge in [0, 0.05) is 30.2 Å². The summed E-state index contributed by atoms with van der Waals surface area (Å²) in [6, 6.07) is 20.2. The molecule has 2 N–H and O–H groups in total. The van der Waals surface area contributed by atoms with Crippen molar-refractivity contribution in [2.75, 3.05) is 10.6 Å². The fourth-order valence-corrected chi connectivity index (χ4v) is 2.78. The summed E-state index contributed by atoms with van der Waals surface area (Å²) in [5.41, 5.74) is 3.15. The first-order valence-corrected chi connectivity index (χ1v) is 8.92. The van der Waals surface area contributed by atoms with E-state index in [4.69, 9.17) is 0 Å². The SMILES string of the molecule is O=C(Nc1cc(-c2ccnc(Nc3ccccc3)c2)ccn1)c1cc[n+]([O-])cc1. The van der Waals surface area contributed by atoms with Gasteiger partial charge in [0.25, 0.3) is 5.91 Å². The zero-order valence-corrected chi connectivity index (χ0v) is 15.3. The van der Waals surface area contributed by atoms with Crippen molar-refractivity contribution in [3.8, 4) is 11.1 Å². The van der Waals surface area contributed by atoms with Gasteiger partial charge in [-0.3, -0.25) is 4.79 Å². The summed E-state index contributed by atoms with van der Waals surface area (Å²) < 4.78 is 0.625. The molecule has 0 aliphatic carbocycles. The van der Waals surface area contributed by atoms with Crippen LogP contribution in [0.1, 0.15) is 10.4 Å². The van der Waals surface area contributed by atoms with Crippen LogP contribution in [0, 0.1) is 5.21 Å². The molecule has 0 saturated heterocycles. The number of carbonyl (C=O) groups excluding carboxylic acids is 1. The van der Waals surface area contributed by atoms with Crippen LogP contribution >= 0.6 is 0 Å². The summed E-state index contributed by atoms with van der Waals surface area (Å²) in [6.45, 7) is 0. The normalized spacial score (nSPS) is 10.3. The van der Waals surface area contributed by atoms with E-state index in [-0.39, 0.29) is 5.91 Å². The van der Waals surface area contributed by atoms with Crippen LogP contribution in [-0.4, -0.2) is 15.9 Å². The van der Waals surface area contributed by atoms with E-state index in [0.29, 0.717) is 21.9 Å². The Bertz CT molecular complexity index is 1130. The van der Waals surface area contributed by atoms with Crippen LogP contribution in [0.25, 0.3) is 11.1 Å². The molecule has 0 aliphatic rings. The summed E-state index contributed by atoms with van der Waals surface area (Å²) in [5.74, 6) is 0.795. The van der Waals surface area contributed by atoms with Crippen LogP contribution < -0.4 is 15.4 Å². The molecule has 0 radical (unpaired) electrons. The minimum atomic E-state index is -0.337. The fourth-order valence-electron chi connectivity index (χ4n) is 2.78. The van der Waals surface area contributed by atoms with Gasteiger partial charge in [0.1, 0.15) is 11.6 Å². The topological polar surface area (TPSA) is 93.8 Å². The van der Waals surface area contributed by atoms with Crippen LogP contribution in [0.5, 0.6) is 0 Å². The molecule has 0 aliphatic heterocycles. The molecule has 0 atom stereocenters. The Morgan fingerprint density at radius 3 is 2.14 bits per heavy atom. The number of nitrogens with zero attached hydrogens (tertiary/aromatic N) is 3. The predicted molar refractivity (Wildman–Crippen MR) is 111 cm³/mol. The first kappa shape index (κ1) is 18.1. The van der Waals surface area contributed by atoms with Crippen molar-refractivity contribution in [1.82, 2.24) is 9.97 Å². The van der Waals surface area contributed by atoms with Gasteiger partial charge < -0.3 is 15.8 Å². The third-order valence-electron chi connectivity index (χ3n) is 4.21. The lowest BCUT2D eigenvalue weighted by Crippen LogP contribution is -2.25. The molecule has 7 nitrogen and oxygen atoms in total. The number of hydrogen-bond donors (Lipinski definition) is 2. The van der Waals surface area contributed by atoms with Gasteiger partial charge in [0.15, 0.2) is 12.4 Å². The molecular weight excluding hydrogens is 366 g/mol. The number of hydrogen-bond acceptors (Lipinski definition) is 5. The third-order valence-corrected chi connectivity index (χ3v) is 4.21. The van der Waals surface area contributed by atoms with E-state index >= 15 is 0 Å². The highest BCUT2D eigenvalue weighted by Gasteiger charge is 2.09. The maximum absolute atomic E-state index is 12.3. The molecule has 0 saturated carbocycles.